The molecule has 0 radical (unpaired) electrons. The van der Waals surface area contributed by atoms with Crippen LogP contribution in [0.25, 0.3) is 11.2 Å². The number of H-pyrrole nitrogens is 2. The molecule has 0 aliphatic heterocycles. The molecule has 2 aromatic heterocycles. The van der Waals surface area contributed by atoms with Crippen molar-refractivity contribution < 1.29 is 4.79 Å². The lowest BCUT2D eigenvalue weighted by Gasteiger charge is -2.05. The molecule has 0 spiro atoms. The first-order chi connectivity index (χ1) is 11.4. The van der Waals surface area contributed by atoms with Crippen molar-refractivity contribution in [1.82, 2.24) is 19.5 Å². The number of fused-ring (bicyclic) bond motifs is 1. The van der Waals surface area contributed by atoms with E-state index in [0.717, 1.165) is 11.8 Å². The fraction of sp³-hybridized carbons (Fsp3) is 0.143. The predicted molar refractivity (Wildman–Crippen MR) is 92.8 cm³/mol. The largest absolute Gasteiger partial charge is 0.327 e. The van der Waals surface area contributed by atoms with E-state index in [-0.39, 0.29) is 17.2 Å². The Morgan fingerprint density at radius 1 is 1.29 bits per heavy atom. The number of amides is 1. The molecule has 0 bridgehead atoms. The van der Waals surface area contributed by atoms with Crippen LogP contribution in [0.1, 0.15) is 0 Å². The number of aromatic amines is 2. The van der Waals surface area contributed by atoms with Gasteiger partial charge in [-0.05, 0) is 24.3 Å². The minimum atomic E-state index is -0.604. The first-order valence-corrected chi connectivity index (χ1v) is 8.17. The van der Waals surface area contributed by atoms with Crippen LogP contribution in [0.5, 0.6) is 0 Å². The number of anilines is 1. The van der Waals surface area contributed by atoms with Crippen molar-refractivity contribution in [2.75, 3.05) is 11.1 Å². The van der Waals surface area contributed by atoms with Gasteiger partial charge in [0.15, 0.2) is 10.7 Å². The molecule has 0 fully saturated rings. The first kappa shape index (κ1) is 16.3. The van der Waals surface area contributed by atoms with E-state index in [1.54, 1.807) is 35.9 Å². The minimum Gasteiger partial charge on any atom is -0.325 e. The number of halogens is 1. The fourth-order valence-electron chi connectivity index (χ4n) is 2.07. The van der Waals surface area contributed by atoms with Gasteiger partial charge in [-0.1, -0.05) is 23.4 Å². The van der Waals surface area contributed by atoms with Crippen molar-refractivity contribution >= 4 is 46.1 Å². The standard InChI is InChI=1S/C14H12ClN5O3S/c1-20-11-10(12(22)19-13(23)18-11)17-14(20)24-6-9(21)16-8-4-2-7(15)3-5-8/h2-5H,6H2,1H3,(H,16,21)(H2,18,19,22,23). The van der Waals surface area contributed by atoms with Gasteiger partial charge < -0.3 is 9.88 Å². The highest BCUT2D eigenvalue weighted by Gasteiger charge is 2.14. The Kier molecular flexibility index (Phi) is 4.45. The monoisotopic (exact) mass is 365 g/mol. The molecule has 0 saturated heterocycles. The molecule has 0 aliphatic carbocycles. The summed E-state index contributed by atoms with van der Waals surface area (Å²) in [5.41, 5.74) is -0.104. The van der Waals surface area contributed by atoms with Gasteiger partial charge in [-0.15, -0.1) is 0 Å². The molecule has 8 nitrogen and oxygen atoms in total. The van der Waals surface area contributed by atoms with Crippen LogP contribution in [-0.4, -0.2) is 31.2 Å². The van der Waals surface area contributed by atoms with Crippen molar-refractivity contribution in [2.24, 2.45) is 7.05 Å². The number of imidazole rings is 1. The smallest absolute Gasteiger partial charge is 0.325 e. The maximum Gasteiger partial charge on any atom is 0.327 e. The van der Waals surface area contributed by atoms with Crippen LogP contribution in [0, 0.1) is 0 Å². The number of nitrogens with one attached hydrogen (secondary N) is 3. The number of benzene rings is 1. The van der Waals surface area contributed by atoms with Gasteiger partial charge >= 0.3 is 5.69 Å². The van der Waals surface area contributed by atoms with Crippen LogP contribution >= 0.6 is 23.4 Å². The summed E-state index contributed by atoms with van der Waals surface area (Å²) in [6.45, 7) is 0. The summed E-state index contributed by atoms with van der Waals surface area (Å²) in [5.74, 6) is -0.126. The van der Waals surface area contributed by atoms with Crippen molar-refractivity contribution in [3.8, 4) is 0 Å². The van der Waals surface area contributed by atoms with Crippen LogP contribution in [0.3, 0.4) is 0 Å². The van der Waals surface area contributed by atoms with Gasteiger partial charge in [0, 0.05) is 17.8 Å². The summed E-state index contributed by atoms with van der Waals surface area (Å²) in [7, 11) is 1.66. The third-order valence-corrected chi connectivity index (χ3v) is 4.47. The molecule has 0 unspecified atom stereocenters. The molecule has 1 aromatic carbocycles. The van der Waals surface area contributed by atoms with E-state index < -0.39 is 11.2 Å². The minimum absolute atomic E-state index is 0.0991. The van der Waals surface area contributed by atoms with Crippen LogP contribution in [-0.2, 0) is 11.8 Å². The topological polar surface area (TPSA) is 113 Å². The zero-order valence-corrected chi connectivity index (χ0v) is 14.0. The van der Waals surface area contributed by atoms with Gasteiger partial charge in [-0.2, -0.15) is 0 Å². The van der Waals surface area contributed by atoms with Gasteiger partial charge in [0.2, 0.25) is 5.91 Å². The number of carbonyl (C=O) groups excluding carboxylic acids is 1. The summed E-state index contributed by atoms with van der Waals surface area (Å²) in [6.07, 6.45) is 0. The normalized spacial score (nSPS) is 10.9. The Morgan fingerprint density at radius 2 is 2.00 bits per heavy atom. The number of hydrogen-bond donors (Lipinski definition) is 3. The maximum atomic E-state index is 12.0. The molecule has 0 saturated carbocycles. The number of aryl methyl sites for hydroxylation is 1. The highest BCUT2D eigenvalue weighted by molar-refractivity contribution is 7.99. The maximum absolute atomic E-state index is 12.0. The zero-order valence-electron chi connectivity index (χ0n) is 12.4. The van der Waals surface area contributed by atoms with E-state index in [1.807, 2.05) is 0 Å². The second-order valence-electron chi connectivity index (χ2n) is 4.90. The van der Waals surface area contributed by atoms with Crippen LogP contribution in [0.4, 0.5) is 5.69 Å². The van der Waals surface area contributed by atoms with E-state index in [9.17, 15) is 14.4 Å². The Bertz CT molecular complexity index is 1020. The quantitative estimate of drug-likeness (QED) is 0.604. The molecule has 3 rings (SSSR count). The number of nitrogens with zero attached hydrogens (tertiary/aromatic N) is 2. The second kappa shape index (κ2) is 6.54. The lowest BCUT2D eigenvalue weighted by Crippen LogP contribution is -2.22. The Balaban J connectivity index is 1.73. The van der Waals surface area contributed by atoms with E-state index >= 15 is 0 Å². The van der Waals surface area contributed by atoms with E-state index in [0.29, 0.717) is 21.5 Å². The fourth-order valence-corrected chi connectivity index (χ4v) is 2.97. The van der Waals surface area contributed by atoms with Crippen LogP contribution in [0.15, 0.2) is 39.0 Å². The number of hydrogen-bond acceptors (Lipinski definition) is 5. The van der Waals surface area contributed by atoms with Crippen molar-refractivity contribution in [2.45, 2.75) is 5.16 Å². The average Bonchev–Trinajstić information content (AvgIpc) is 2.85. The molecule has 3 N–H and O–H groups in total. The molecule has 0 atom stereocenters. The van der Waals surface area contributed by atoms with Gasteiger partial charge in [0.25, 0.3) is 5.56 Å². The molecule has 24 heavy (non-hydrogen) atoms. The lowest BCUT2D eigenvalue weighted by molar-refractivity contribution is -0.113. The molecule has 2 heterocycles. The van der Waals surface area contributed by atoms with Crippen LogP contribution < -0.4 is 16.6 Å². The van der Waals surface area contributed by atoms with E-state index in [1.165, 1.54) is 0 Å². The van der Waals surface area contributed by atoms with Crippen LogP contribution in [0.2, 0.25) is 5.02 Å². The predicted octanol–water partition coefficient (Wildman–Crippen LogP) is 1.33. The zero-order chi connectivity index (χ0) is 17.3. The summed E-state index contributed by atoms with van der Waals surface area (Å²) >= 11 is 6.95. The van der Waals surface area contributed by atoms with E-state index in [4.69, 9.17) is 11.6 Å². The second-order valence-corrected chi connectivity index (χ2v) is 6.28. The molecule has 0 aliphatic rings. The highest BCUT2D eigenvalue weighted by atomic mass is 35.5. The van der Waals surface area contributed by atoms with Gasteiger partial charge in [-0.3, -0.25) is 19.6 Å². The molecule has 124 valence electrons. The van der Waals surface area contributed by atoms with E-state index in [2.05, 4.69) is 20.3 Å². The Hall–Kier alpha value is -2.52. The third-order valence-electron chi connectivity index (χ3n) is 3.19. The molecular weight excluding hydrogens is 354 g/mol. The molecular formula is C14H12ClN5O3S. The first-order valence-electron chi connectivity index (χ1n) is 6.81. The summed E-state index contributed by atoms with van der Waals surface area (Å²) in [5, 5.41) is 3.76. The third kappa shape index (κ3) is 3.36. The van der Waals surface area contributed by atoms with Crippen molar-refractivity contribution in [3.63, 3.8) is 0 Å². The SMILES string of the molecule is Cn1c(SCC(=O)Nc2ccc(Cl)cc2)nc2c(=O)[nH]c(=O)[nH]c21. The Morgan fingerprint density at radius 3 is 2.71 bits per heavy atom. The molecule has 1 amide bonds. The highest BCUT2D eigenvalue weighted by Crippen LogP contribution is 2.20. The van der Waals surface area contributed by atoms with Gasteiger partial charge in [0.1, 0.15) is 5.65 Å². The Labute approximate surface area is 144 Å². The van der Waals surface area contributed by atoms with Crippen molar-refractivity contribution in [3.05, 3.63) is 50.1 Å². The number of rotatable bonds is 4. The number of thioether (sulfide) groups is 1. The molecule has 3 aromatic rings. The summed E-state index contributed by atoms with van der Waals surface area (Å²) in [6, 6.07) is 6.76. The lowest BCUT2D eigenvalue weighted by atomic mass is 10.3. The number of carbonyl (C=O) groups is 1. The van der Waals surface area contributed by atoms with Gasteiger partial charge in [0.05, 0.1) is 5.75 Å². The van der Waals surface area contributed by atoms with Gasteiger partial charge in [-0.25, -0.2) is 9.78 Å². The summed E-state index contributed by atoms with van der Waals surface area (Å²) < 4.78 is 1.56. The van der Waals surface area contributed by atoms with Crippen molar-refractivity contribution in [1.29, 1.82) is 0 Å². The summed E-state index contributed by atoms with van der Waals surface area (Å²) in [4.78, 5) is 43.8. The number of aromatic nitrogens is 4. The average molecular weight is 366 g/mol. The molecule has 10 heteroatoms.